The van der Waals surface area contributed by atoms with Crippen LogP contribution in [-0.4, -0.2) is 0 Å². The molecule has 0 aliphatic heterocycles. The van der Waals surface area contributed by atoms with Gasteiger partial charge in [0.1, 0.15) is 4.34 Å². The lowest BCUT2D eigenvalue weighted by Gasteiger charge is -2.11. The molecule has 1 aromatic heterocycles. The van der Waals surface area contributed by atoms with Crippen molar-refractivity contribution in [3.05, 3.63) is 53.6 Å². The topological polar surface area (TPSA) is 26.0 Å². The van der Waals surface area contributed by atoms with Crippen LogP contribution in [-0.2, 0) is 0 Å². The first-order valence-electron chi connectivity index (χ1n) is 4.95. The van der Waals surface area contributed by atoms with Gasteiger partial charge in [0, 0.05) is 13.8 Å². The molecule has 0 aliphatic rings. The van der Waals surface area contributed by atoms with Crippen molar-refractivity contribution < 1.29 is 0 Å². The van der Waals surface area contributed by atoms with Gasteiger partial charge in [0.15, 0.2) is 0 Å². The Labute approximate surface area is 126 Å². The Morgan fingerprint density at radius 2 is 1.94 bits per heavy atom. The summed E-state index contributed by atoms with van der Waals surface area (Å²) in [5.74, 6) is 0. The van der Waals surface area contributed by atoms with Crippen LogP contribution >= 0.6 is 54.8 Å². The zero-order chi connectivity index (χ0) is 12.6. The van der Waals surface area contributed by atoms with Crippen molar-refractivity contribution >= 4 is 54.8 Å². The van der Waals surface area contributed by atoms with Gasteiger partial charge < -0.3 is 5.73 Å². The average Bonchev–Trinajstić information content (AvgIpc) is 2.62. The molecule has 0 aliphatic carbocycles. The molecule has 17 heavy (non-hydrogen) atoms. The minimum absolute atomic E-state index is 0.138. The Balaban J connectivity index is 2.36. The zero-order valence-corrected chi connectivity index (χ0v) is 13.8. The molecule has 2 N–H and O–H groups in total. The van der Waals surface area contributed by atoms with Crippen LogP contribution < -0.4 is 5.73 Å². The van der Waals surface area contributed by atoms with Gasteiger partial charge in [-0.05, 0) is 46.1 Å². The molecule has 0 fully saturated rings. The highest BCUT2D eigenvalue weighted by Gasteiger charge is 2.14. The average molecular weight is 396 g/mol. The Morgan fingerprint density at radius 3 is 2.47 bits per heavy atom. The number of rotatable bonds is 2. The Kier molecular flexibility index (Phi) is 4.31. The summed E-state index contributed by atoms with van der Waals surface area (Å²) in [4.78, 5) is 1.05. The van der Waals surface area contributed by atoms with Gasteiger partial charge in [-0.3, -0.25) is 0 Å². The van der Waals surface area contributed by atoms with Crippen LogP contribution in [0.25, 0.3) is 0 Å². The van der Waals surface area contributed by atoms with E-state index in [2.05, 4.69) is 50.9 Å². The fraction of sp³-hybridized carbons (Fsp3) is 0.167. The van der Waals surface area contributed by atoms with Gasteiger partial charge in [-0.25, -0.2) is 0 Å². The van der Waals surface area contributed by atoms with Gasteiger partial charge in [0.2, 0.25) is 0 Å². The number of aryl methyl sites for hydroxylation is 1. The van der Waals surface area contributed by atoms with E-state index in [4.69, 9.17) is 17.3 Å². The van der Waals surface area contributed by atoms with E-state index in [1.165, 1.54) is 16.9 Å². The van der Waals surface area contributed by atoms with Crippen molar-refractivity contribution in [3.8, 4) is 0 Å². The monoisotopic (exact) mass is 393 g/mol. The molecule has 0 bridgehead atoms. The lowest BCUT2D eigenvalue weighted by Crippen LogP contribution is -2.10. The second-order valence-electron chi connectivity index (χ2n) is 3.76. The molecule has 1 aromatic carbocycles. The van der Waals surface area contributed by atoms with E-state index in [1.54, 1.807) is 0 Å². The number of nitrogens with two attached hydrogens (primary N) is 1. The van der Waals surface area contributed by atoms with Crippen molar-refractivity contribution in [2.24, 2.45) is 5.73 Å². The molecule has 0 saturated heterocycles. The van der Waals surface area contributed by atoms with Crippen LogP contribution in [0, 0.1) is 6.92 Å². The van der Waals surface area contributed by atoms with Crippen LogP contribution in [0.15, 0.2) is 33.2 Å². The second-order valence-corrected chi connectivity index (χ2v) is 7.15. The summed E-state index contributed by atoms with van der Waals surface area (Å²) in [7, 11) is 0. The van der Waals surface area contributed by atoms with Crippen LogP contribution in [0.1, 0.15) is 22.0 Å². The maximum atomic E-state index is 6.23. The summed E-state index contributed by atoms with van der Waals surface area (Å²) in [5, 5.41) is 0. The number of hydrogen-bond donors (Lipinski definition) is 1. The Morgan fingerprint density at radius 1 is 1.24 bits per heavy atom. The molecule has 5 heteroatoms. The lowest BCUT2D eigenvalue weighted by atomic mass is 10.0. The van der Waals surface area contributed by atoms with Crippen LogP contribution in [0.4, 0.5) is 0 Å². The van der Waals surface area contributed by atoms with Gasteiger partial charge in [-0.1, -0.05) is 39.7 Å². The fourth-order valence-corrected chi connectivity index (χ4v) is 3.65. The SMILES string of the molecule is Cc1ccc(C(N)c2cc(Br)c(Cl)s2)cc1Br. The minimum atomic E-state index is -0.138. The summed E-state index contributed by atoms with van der Waals surface area (Å²) in [5.41, 5.74) is 8.50. The molecule has 2 rings (SSSR count). The highest BCUT2D eigenvalue weighted by Crippen LogP contribution is 2.37. The van der Waals surface area contributed by atoms with Crippen molar-refractivity contribution in [2.75, 3.05) is 0 Å². The van der Waals surface area contributed by atoms with Crippen LogP contribution in [0.3, 0.4) is 0 Å². The van der Waals surface area contributed by atoms with Crippen molar-refractivity contribution in [1.29, 1.82) is 0 Å². The summed E-state index contributed by atoms with van der Waals surface area (Å²) < 4.78 is 2.72. The molecule has 0 radical (unpaired) electrons. The summed E-state index contributed by atoms with van der Waals surface area (Å²) in [6, 6.07) is 8.00. The predicted octanol–water partition coefficient (Wildman–Crippen LogP) is 5.28. The molecule has 90 valence electrons. The van der Waals surface area contributed by atoms with Crippen LogP contribution in [0.2, 0.25) is 4.34 Å². The molecular weight excluding hydrogens is 385 g/mol. The maximum Gasteiger partial charge on any atom is 0.107 e. The Hall–Kier alpha value is 0.130. The third kappa shape index (κ3) is 2.93. The number of halogens is 3. The van der Waals surface area contributed by atoms with Crippen molar-refractivity contribution in [2.45, 2.75) is 13.0 Å². The normalized spacial score (nSPS) is 12.8. The molecule has 1 atom stereocenters. The molecule has 2 aromatic rings. The van der Waals surface area contributed by atoms with Gasteiger partial charge in [0.05, 0.1) is 6.04 Å². The van der Waals surface area contributed by atoms with Crippen molar-refractivity contribution in [1.82, 2.24) is 0 Å². The van der Waals surface area contributed by atoms with Gasteiger partial charge in [-0.15, -0.1) is 11.3 Å². The third-order valence-corrected chi connectivity index (χ3v) is 5.94. The lowest BCUT2D eigenvalue weighted by molar-refractivity contribution is 0.891. The number of hydrogen-bond acceptors (Lipinski definition) is 2. The predicted molar refractivity (Wildman–Crippen MR) is 81.9 cm³/mol. The van der Waals surface area contributed by atoms with Gasteiger partial charge >= 0.3 is 0 Å². The van der Waals surface area contributed by atoms with E-state index in [0.29, 0.717) is 0 Å². The molecule has 0 amide bonds. The van der Waals surface area contributed by atoms with E-state index in [-0.39, 0.29) is 6.04 Å². The Bertz CT molecular complexity index is 534. The fourth-order valence-electron chi connectivity index (χ4n) is 1.48. The largest absolute Gasteiger partial charge is 0.320 e. The zero-order valence-electron chi connectivity index (χ0n) is 9.01. The molecule has 0 saturated carbocycles. The molecular formula is C12H10Br2ClNS. The van der Waals surface area contributed by atoms with E-state index in [0.717, 1.165) is 23.7 Å². The maximum absolute atomic E-state index is 6.23. The standard InChI is InChI=1S/C12H10Br2ClNS/c1-6-2-3-7(4-8(6)13)11(16)10-5-9(14)12(15)17-10/h2-5,11H,16H2,1H3. The van der Waals surface area contributed by atoms with Gasteiger partial charge in [0.25, 0.3) is 0 Å². The first-order chi connectivity index (χ1) is 7.99. The summed E-state index contributed by atoms with van der Waals surface area (Å²) in [6.45, 7) is 2.05. The molecule has 1 nitrogen and oxygen atoms in total. The first kappa shape index (κ1) is 13.6. The number of thiophene rings is 1. The smallest absolute Gasteiger partial charge is 0.107 e. The van der Waals surface area contributed by atoms with E-state index in [1.807, 2.05) is 12.1 Å². The minimum Gasteiger partial charge on any atom is -0.320 e. The van der Waals surface area contributed by atoms with E-state index in [9.17, 15) is 0 Å². The third-order valence-electron chi connectivity index (χ3n) is 2.53. The molecule has 1 unspecified atom stereocenters. The highest BCUT2D eigenvalue weighted by atomic mass is 79.9. The molecule has 0 spiro atoms. The van der Waals surface area contributed by atoms with E-state index >= 15 is 0 Å². The summed E-state index contributed by atoms with van der Waals surface area (Å²) in [6.07, 6.45) is 0. The van der Waals surface area contributed by atoms with E-state index < -0.39 is 0 Å². The quantitative estimate of drug-likeness (QED) is 0.735. The first-order valence-corrected chi connectivity index (χ1v) is 7.73. The van der Waals surface area contributed by atoms with Gasteiger partial charge in [-0.2, -0.15) is 0 Å². The molecule has 1 heterocycles. The van der Waals surface area contributed by atoms with Crippen LogP contribution in [0.5, 0.6) is 0 Å². The summed E-state index contributed by atoms with van der Waals surface area (Å²) >= 11 is 14.4. The highest BCUT2D eigenvalue weighted by molar-refractivity contribution is 9.10. The number of benzene rings is 1. The van der Waals surface area contributed by atoms with Crippen molar-refractivity contribution in [3.63, 3.8) is 0 Å². The second kappa shape index (κ2) is 5.41.